The van der Waals surface area contributed by atoms with Crippen LogP contribution < -0.4 is 5.32 Å². The molecule has 16 heteroatoms. The number of fused-ring (bicyclic) bond motifs is 4. The molecule has 0 unspecified atom stereocenters. The van der Waals surface area contributed by atoms with Crippen LogP contribution in [0.15, 0.2) is 89.9 Å². The molecule has 7 rings (SSSR count). The second-order valence-electron chi connectivity index (χ2n) is 13.7. The van der Waals surface area contributed by atoms with E-state index in [9.17, 15) is 57.8 Å². The molecule has 2 heterocycles. The predicted molar refractivity (Wildman–Crippen MR) is 168 cm³/mol. The highest BCUT2D eigenvalue weighted by molar-refractivity contribution is 5.84. The number of nitrogens with zero attached hydrogens (tertiary/aromatic N) is 2. The maximum absolute atomic E-state index is 14.0. The van der Waals surface area contributed by atoms with Crippen molar-refractivity contribution in [1.29, 1.82) is 0 Å². The van der Waals surface area contributed by atoms with Gasteiger partial charge in [-0.25, -0.2) is 0 Å². The zero-order valence-corrected chi connectivity index (χ0v) is 27.1. The van der Waals surface area contributed by atoms with Gasteiger partial charge in [-0.05, 0) is 82.6 Å². The number of aliphatic hydroxyl groups is 1. The number of hydrogen-bond donors (Lipinski definition) is 2. The summed E-state index contributed by atoms with van der Waals surface area (Å²) in [7, 11) is 0. The van der Waals surface area contributed by atoms with Gasteiger partial charge in [0.1, 0.15) is 5.60 Å². The molecular weight excluding hydrogens is 730 g/mol. The van der Waals surface area contributed by atoms with Gasteiger partial charge in [-0.1, -0.05) is 48.5 Å². The zero-order valence-electron chi connectivity index (χ0n) is 27.1. The minimum Gasteiger partial charge on any atom is -0.378 e. The Hall–Kier alpha value is -4.73. The lowest BCUT2D eigenvalue weighted by atomic mass is 9.76. The summed E-state index contributed by atoms with van der Waals surface area (Å²) < 4.78 is 169. The molecule has 1 aliphatic carbocycles. The van der Waals surface area contributed by atoms with Crippen molar-refractivity contribution in [2.75, 3.05) is 19.6 Å². The van der Waals surface area contributed by atoms with Gasteiger partial charge in [-0.3, -0.25) is 4.99 Å². The first-order valence-electron chi connectivity index (χ1n) is 16.1. The van der Waals surface area contributed by atoms with Gasteiger partial charge in [0.2, 0.25) is 0 Å². The summed E-state index contributed by atoms with van der Waals surface area (Å²) in [6.07, 6.45) is -20.9. The average molecular weight is 758 g/mol. The van der Waals surface area contributed by atoms with Crippen LogP contribution in [0, 0.1) is 5.41 Å². The van der Waals surface area contributed by atoms with Crippen molar-refractivity contribution in [3.05, 3.63) is 129 Å². The Morgan fingerprint density at radius 1 is 0.585 bits per heavy atom. The smallest absolute Gasteiger partial charge is 0.378 e. The molecule has 1 saturated heterocycles. The van der Waals surface area contributed by atoms with Crippen molar-refractivity contribution >= 4 is 5.96 Å². The SMILES string of the molecule is OC(c1cc(C(F)(F)F)cc(C(F)(F)F)c1)(c1cc(C(F)(F)F)cc(C(F)(F)F)c1)[C@@H]1CN2CC3(CN=C2N1)Cc1ccccc1-c1ccccc1C3. The van der Waals surface area contributed by atoms with Crippen LogP contribution in [0.3, 0.4) is 0 Å². The van der Waals surface area contributed by atoms with Gasteiger partial charge in [0.05, 0.1) is 34.8 Å². The van der Waals surface area contributed by atoms with E-state index in [0.29, 0.717) is 12.8 Å². The molecule has 0 amide bonds. The fraction of sp³-hybridized carbons (Fsp3) is 0.324. The maximum Gasteiger partial charge on any atom is 0.416 e. The third kappa shape index (κ3) is 6.70. The molecule has 3 aliphatic rings. The Kier molecular flexibility index (Phi) is 8.39. The Balaban J connectivity index is 1.37. The number of halogens is 12. The molecule has 280 valence electrons. The van der Waals surface area contributed by atoms with E-state index in [1.807, 2.05) is 48.5 Å². The molecule has 4 aromatic rings. The Labute approximate surface area is 293 Å². The highest BCUT2D eigenvalue weighted by Gasteiger charge is 2.52. The second-order valence-corrected chi connectivity index (χ2v) is 13.7. The van der Waals surface area contributed by atoms with Gasteiger partial charge >= 0.3 is 24.7 Å². The average Bonchev–Trinajstić information content (AvgIpc) is 3.44. The van der Waals surface area contributed by atoms with Crippen LogP contribution in [0.1, 0.15) is 44.5 Å². The van der Waals surface area contributed by atoms with E-state index in [1.54, 1.807) is 4.90 Å². The minimum absolute atomic E-state index is 0.0240. The van der Waals surface area contributed by atoms with E-state index in [1.165, 1.54) is 0 Å². The van der Waals surface area contributed by atoms with Crippen molar-refractivity contribution < 1.29 is 57.8 Å². The standard InChI is InChI=1S/C37H27F12N3O/c38-34(39,40)24-9-22(10-25(13-24)35(41,42)43)33(53,23-11-26(36(44,45)46)14-27(12-23)37(47,48)49)30-17-52-19-32(18-50-31(52)51-30)15-20-5-1-3-7-28(20)29-8-4-2-6-21(29)16-32/h1-14,30,53H,15-19H2,(H,50,51)/t30-/m0/s1. The Bertz CT molecular complexity index is 1910. The summed E-state index contributed by atoms with van der Waals surface area (Å²) in [5.41, 5.74) is -10.2. The number of aliphatic imine (C=N–C) groups is 1. The second kappa shape index (κ2) is 12.1. The van der Waals surface area contributed by atoms with Crippen LogP contribution in [0.4, 0.5) is 52.7 Å². The summed E-state index contributed by atoms with van der Waals surface area (Å²) in [4.78, 5) is 6.20. The number of alkyl halides is 12. The van der Waals surface area contributed by atoms with Crippen LogP contribution in [0.25, 0.3) is 11.1 Å². The molecule has 1 spiro atoms. The molecule has 0 radical (unpaired) electrons. The van der Waals surface area contributed by atoms with Crippen LogP contribution in [0.2, 0.25) is 0 Å². The normalized spacial score (nSPS) is 18.8. The van der Waals surface area contributed by atoms with Crippen molar-refractivity contribution in [1.82, 2.24) is 10.2 Å². The summed E-state index contributed by atoms with van der Waals surface area (Å²) in [6, 6.07) is 13.4. The topological polar surface area (TPSA) is 47.9 Å². The fourth-order valence-electron chi connectivity index (χ4n) is 7.71. The number of benzene rings is 4. The molecular formula is C37H27F12N3O. The maximum atomic E-state index is 14.0. The van der Waals surface area contributed by atoms with E-state index in [-0.39, 0.29) is 55.4 Å². The Morgan fingerprint density at radius 3 is 1.36 bits per heavy atom. The highest BCUT2D eigenvalue weighted by Crippen LogP contribution is 2.47. The molecule has 2 N–H and O–H groups in total. The van der Waals surface area contributed by atoms with Crippen molar-refractivity contribution in [2.45, 2.75) is 49.2 Å². The van der Waals surface area contributed by atoms with Gasteiger partial charge in [0.15, 0.2) is 5.96 Å². The lowest BCUT2D eigenvalue weighted by Crippen LogP contribution is -2.49. The first kappa shape index (κ1) is 36.6. The van der Waals surface area contributed by atoms with Gasteiger partial charge in [0.25, 0.3) is 0 Å². The third-order valence-corrected chi connectivity index (χ3v) is 10.1. The van der Waals surface area contributed by atoms with E-state index < -0.39 is 81.7 Å². The molecule has 1 atom stereocenters. The van der Waals surface area contributed by atoms with Crippen LogP contribution in [-0.4, -0.2) is 41.6 Å². The summed E-state index contributed by atoms with van der Waals surface area (Å²) in [5.74, 6) is 0.0240. The number of nitrogens with one attached hydrogen (secondary N) is 1. The summed E-state index contributed by atoms with van der Waals surface area (Å²) >= 11 is 0. The molecule has 2 aliphatic heterocycles. The van der Waals surface area contributed by atoms with E-state index in [2.05, 4.69) is 10.3 Å². The highest BCUT2D eigenvalue weighted by atomic mass is 19.4. The van der Waals surface area contributed by atoms with Gasteiger partial charge < -0.3 is 15.3 Å². The summed E-state index contributed by atoms with van der Waals surface area (Å²) in [6.45, 7) is -0.139. The Morgan fingerprint density at radius 2 is 0.962 bits per heavy atom. The van der Waals surface area contributed by atoms with Crippen molar-refractivity contribution in [3.8, 4) is 11.1 Å². The molecule has 0 bridgehead atoms. The van der Waals surface area contributed by atoms with E-state index in [0.717, 1.165) is 22.3 Å². The lowest BCUT2D eigenvalue weighted by molar-refractivity contribution is -0.144. The van der Waals surface area contributed by atoms with Gasteiger partial charge in [-0.2, -0.15) is 52.7 Å². The van der Waals surface area contributed by atoms with Gasteiger partial charge in [-0.15, -0.1) is 0 Å². The van der Waals surface area contributed by atoms with Crippen LogP contribution in [0.5, 0.6) is 0 Å². The first-order valence-corrected chi connectivity index (χ1v) is 16.1. The van der Waals surface area contributed by atoms with Crippen LogP contribution in [-0.2, 0) is 43.1 Å². The van der Waals surface area contributed by atoms with Gasteiger partial charge in [0, 0.05) is 18.5 Å². The molecule has 4 nitrogen and oxygen atoms in total. The van der Waals surface area contributed by atoms with Crippen molar-refractivity contribution in [2.24, 2.45) is 10.4 Å². The van der Waals surface area contributed by atoms with E-state index in [4.69, 9.17) is 0 Å². The monoisotopic (exact) mass is 757 g/mol. The van der Waals surface area contributed by atoms with Crippen LogP contribution >= 0.6 is 0 Å². The molecule has 0 aromatic heterocycles. The summed E-state index contributed by atoms with van der Waals surface area (Å²) in [5, 5.41) is 15.2. The molecule has 4 aromatic carbocycles. The number of rotatable bonds is 3. The molecule has 1 fully saturated rings. The fourth-order valence-corrected chi connectivity index (χ4v) is 7.71. The molecule has 0 saturated carbocycles. The van der Waals surface area contributed by atoms with Crippen molar-refractivity contribution in [3.63, 3.8) is 0 Å². The largest absolute Gasteiger partial charge is 0.416 e. The quantitative estimate of drug-likeness (QED) is 0.205. The predicted octanol–water partition coefficient (Wildman–Crippen LogP) is 9.09. The third-order valence-electron chi connectivity index (χ3n) is 10.1. The number of hydrogen-bond acceptors (Lipinski definition) is 4. The lowest BCUT2D eigenvalue weighted by Gasteiger charge is -2.40. The van der Waals surface area contributed by atoms with E-state index >= 15 is 0 Å². The number of guanidine groups is 1. The molecule has 53 heavy (non-hydrogen) atoms. The minimum atomic E-state index is -5.45. The first-order chi connectivity index (χ1) is 24.6. The zero-order chi connectivity index (χ0) is 38.4.